The standard InChI is InChI=1S/C18H22F3N3O3/c19-18(20,21)14-3-1-2-4-15(14)24-12-13(11-16(24)25)17(26)22-5-6-23-7-9-27-10-8-23/h1-4,13H,5-12H2,(H,22,26). The SMILES string of the molecule is O=C(NCCN1CCOCC1)C1CC(=O)N(c2ccccc2C(F)(F)F)C1. The van der Waals surface area contributed by atoms with Crippen molar-refractivity contribution < 1.29 is 27.5 Å². The van der Waals surface area contributed by atoms with E-state index in [9.17, 15) is 22.8 Å². The number of nitrogens with zero attached hydrogens (tertiary/aromatic N) is 2. The summed E-state index contributed by atoms with van der Waals surface area (Å²) in [6, 6.07) is 4.94. The third-order valence-corrected chi connectivity index (χ3v) is 4.83. The number of nitrogens with one attached hydrogen (secondary N) is 1. The van der Waals surface area contributed by atoms with Crippen molar-refractivity contribution >= 4 is 17.5 Å². The Morgan fingerprint density at radius 1 is 1.22 bits per heavy atom. The molecule has 0 saturated carbocycles. The molecule has 2 saturated heterocycles. The van der Waals surface area contributed by atoms with E-state index in [-0.39, 0.29) is 24.6 Å². The molecule has 27 heavy (non-hydrogen) atoms. The third-order valence-electron chi connectivity index (χ3n) is 4.83. The van der Waals surface area contributed by atoms with Crippen LogP contribution in [0.15, 0.2) is 24.3 Å². The molecule has 0 spiro atoms. The van der Waals surface area contributed by atoms with Crippen LogP contribution in [0.3, 0.4) is 0 Å². The van der Waals surface area contributed by atoms with Crippen molar-refractivity contribution in [3.05, 3.63) is 29.8 Å². The van der Waals surface area contributed by atoms with E-state index in [0.29, 0.717) is 26.3 Å². The number of carbonyl (C=O) groups is 2. The number of amides is 2. The van der Waals surface area contributed by atoms with Crippen LogP contribution in [-0.4, -0.2) is 62.7 Å². The largest absolute Gasteiger partial charge is 0.418 e. The fourth-order valence-electron chi connectivity index (χ4n) is 3.37. The van der Waals surface area contributed by atoms with Crippen molar-refractivity contribution in [3.63, 3.8) is 0 Å². The second-order valence-corrected chi connectivity index (χ2v) is 6.67. The van der Waals surface area contributed by atoms with Gasteiger partial charge in [-0.3, -0.25) is 14.5 Å². The zero-order chi connectivity index (χ0) is 19.4. The van der Waals surface area contributed by atoms with E-state index in [0.717, 1.165) is 24.1 Å². The molecule has 2 aliphatic heterocycles. The molecule has 2 amide bonds. The summed E-state index contributed by atoms with van der Waals surface area (Å²) < 4.78 is 44.8. The van der Waals surface area contributed by atoms with Crippen LogP contribution in [0.4, 0.5) is 18.9 Å². The molecule has 0 aromatic heterocycles. The lowest BCUT2D eigenvalue weighted by Gasteiger charge is -2.26. The van der Waals surface area contributed by atoms with Crippen molar-refractivity contribution in [2.75, 3.05) is 50.8 Å². The Hall–Kier alpha value is -2.13. The van der Waals surface area contributed by atoms with Crippen LogP contribution < -0.4 is 10.2 Å². The monoisotopic (exact) mass is 385 g/mol. The Kier molecular flexibility index (Phi) is 6.01. The number of ether oxygens (including phenoxy) is 1. The van der Waals surface area contributed by atoms with Crippen LogP contribution in [0.1, 0.15) is 12.0 Å². The zero-order valence-electron chi connectivity index (χ0n) is 14.8. The number of hydrogen-bond donors (Lipinski definition) is 1. The lowest BCUT2D eigenvalue weighted by atomic mass is 10.1. The molecule has 2 fully saturated rings. The maximum atomic E-state index is 13.2. The van der Waals surface area contributed by atoms with E-state index in [1.54, 1.807) is 0 Å². The van der Waals surface area contributed by atoms with Gasteiger partial charge in [0.2, 0.25) is 11.8 Å². The van der Waals surface area contributed by atoms with Gasteiger partial charge in [0.05, 0.1) is 30.4 Å². The van der Waals surface area contributed by atoms with Crippen LogP contribution in [0, 0.1) is 5.92 Å². The minimum Gasteiger partial charge on any atom is -0.379 e. The summed E-state index contributed by atoms with van der Waals surface area (Å²) in [5, 5.41) is 2.79. The topological polar surface area (TPSA) is 61.9 Å². The summed E-state index contributed by atoms with van der Waals surface area (Å²) in [6.07, 6.45) is -4.65. The summed E-state index contributed by atoms with van der Waals surface area (Å²) in [6.45, 7) is 4.01. The molecule has 1 N–H and O–H groups in total. The minimum atomic E-state index is -4.56. The van der Waals surface area contributed by atoms with E-state index in [2.05, 4.69) is 10.2 Å². The normalized spacial score (nSPS) is 21.5. The van der Waals surface area contributed by atoms with Gasteiger partial charge >= 0.3 is 6.18 Å². The van der Waals surface area contributed by atoms with Gasteiger partial charge in [0.1, 0.15) is 0 Å². The zero-order valence-corrected chi connectivity index (χ0v) is 14.8. The molecule has 0 bridgehead atoms. The summed E-state index contributed by atoms with van der Waals surface area (Å²) in [5.74, 6) is -1.42. The number of anilines is 1. The summed E-state index contributed by atoms with van der Waals surface area (Å²) in [4.78, 5) is 27.8. The van der Waals surface area contributed by atoms with Crippen LogP contribution in [0.25, 0.3) is 0 Å². The molecule has 6 nitrogen and oxygen atoms in total. The third kappa shape index (κ3) is 4.78. The molecule has 3 rings (SSSR count). The fraction of sp³-hybridized carbons (Fsp3) is 0.556. The van der Waals surface area contributed by atoms with Crippen LogP contribution in [-0.2, 0) is 20.5 Å². The minimum absolute atomic E-state index is 0.0463. The molecule has 1 aromatic rings. The highest BCUT2D eigenvalue weighted by molar-refractivity contribution is 6.00. The summed E-state index contributed by atoms with van der Waals surface area (Å²) >= 11 is 0. The molecule has 9 heteroatoms. The Morgan fingerprint density at radius 3 is 2.63 bits per heavy atom. The molecular weight excluding hydrogens is 363 g/mol. The molecule has 2 heterocycles. The maximum absolute atomic E-state index is 13.2. The number of para-hydroxylation sites is 1. The van der Waals surface area contributed by atoms with Gasteiger partial charge in [-0.15, -0.1) is 0 Å². The van der Waals surface area contributed by atoms with E-state index >= 15 is 0 Å². The maximum Gasteiger partial charge on any atom is 0.418 e. The van der Waals surface area contributed by atoms with E-state index < -0.39 is 23.6 Å². The average Bonchev–Trinajstić information content (AvgIpc) is 3.03. The van der Waals surface area contributed by atoms with Gasteiger partial charge in [-0.05, 0) is 12.1 Å². The van der Waals surface area contributed by atoms with Crippen molar-refractivity contribution in [1.82, 2.24) is 10.2 Å². The number of carbonyl (C=O) groups excluding carboxylic acids is 2. The number of benzene rings is 1. The quantitative estimate of drug-likeness (QED) is 0.835. The number of halogens is 3. The number of morpholine rings is 1. The molecule has 1 unspecified atom stereocenters. The number of hydrogen-bond acceptors (Lipinski definition) is 4. The van der Waals surface area contributed by atoms with Gasteiger partial charge in [0.25, 0.3) is 0 Å². The van der Waals surface area contributed by atoms with Gasteiger partial charge in [-0.2, -0.15) is 13.2 Å². The molecule has 0 radical (unpaired) electrons. The van der Waals surface area contributed by atoms with Crippen LogP contribution >= 0.6 is 0 Å². The Bertz CT molecular complexity index is 690. The number of alkyl halides is 3. The average molecular weight is 385 g/mol. The molecule has 2 aliphatic rings. The summed E-state index contributed by atoms with van der Waals surface area (Å²) in [7, 11) is 0. The molecule has 148 valence electrons. The second kappa shape index (κ2) is 8.26. The van der Waals surface area contributed by atoms with Gasteiger partial charge in [0, 0.05) is 39.1 Å². The van der Waals surface area contributed by atoms with Crippen molar-refractivity contribution in [1.29, 1.82) is 0 Å². The predicted octanol–water partition coefficient (Wildman–Crippen LogP) is 1.51. The Labute approximate surface area is 155 Å². The Balaban J connectivity index is 1.58. The van der Waals surface area contributed by atoms with Crippen LogP contribution in [0.5, 0.6) is 0 Å². The van der Waals surface area contributed by atoms with Gasteiger partial charge in [-0.1, -0.05) is 12.1 Å². The first-order valence-corrected chi connectivity index (χ1v) is 8.90. The van der Waals surface area contributed by atoms with Gasteiger partial charge < -0.3 is 15.0 Å². The van der Waals surface area contributed by atoms with Crippen molar-refractivity contribution in [2.24, 2.45) is 5.92 Å². The molecular formula is C18H22F3N3O3. The highest BCUT2D eigenvalue weighted by Gasteiger charge is 2.40. The molecule has 1 aromatic carbocycles. The summed E-state index contributed by atoms with van der Waals surface area (Å²) in [5.41, 5.74) is -1.06. The van der Waals surface area contributed by atoms with Crippen molar-refractivity contribution in [2.45, 2.75) is 12.6 Å². The van der Waals surface area contributed by atoms with Crippen molar-refractivity contribution in [3.8, 4) is 0 Å². The Morgan fingerprint density at radius 2 is 1.93 bits per heavy atom. The highest BCUT2D eigenvalue weighted by atomic mass is 19.4. The lowest BCUT2D eigenvalue weighted by molar-refractivity contribution is -0.137. The first-order chi connectivity index (χ1) is 12.9. The second-order valence-electron chi connectivity index (χ2n) is 6.67. The van der Waals surface area contributed by atoms with E-state index in [1.165, 1.54) is 18.2 Å². The van der Waals surface area contributed by atoms with E-state index in [4.69, 9.17) is 4.74 Å². The first-order valence-electron chi connectivity index (χ1n) is 8.90. The van der Waals surface area contributed by atoms with E-state index in [1.807, 2.05) is 0 Å². The predicted molar refractivity (Wildman–Crippen MR) is 92.2 cm³/mol. The number of rotatable bonds is 5. The van der Waals surface area contributed by atoms with Gasteiger partial charge in [-0.25, -0.2) is 0 Å². The fourth-order valence-corrected chi connectivity index (χ4v) is 3.37. The lowest BCUT2D eigenvalue weighted by Crippen LogP contribution is -2.42. The molecule has 1 atom stereocenters. The highest BCUT2D eigenvalue weighted by Crippen LogP contribution is 2.38. The van der Waals surface area contributed by atoms with Gasteiger partial charge in [0.15, 0.2) is 0 Å². The molecule has 0 aliphatic carbocycles. The first kappa shape index (κ1) is 19.6. The smallest absolute Gasteiger partial charge is 0.379 e. The van der Waals surface area contributed by atoms with Crippen LogP contribution in [0.2, 0.25) is 0 Å².